The molecule has 1 fully saturated rings. The number of carbonyl (C=O) groups is 3. The Balaban J connectivity index is 1.75. The highest BCUT2D eigenvalue weighted by molar-refractivity contribution is 5.94. The first-order valence-corrected chi connectivity index (χ1v) is 11.4. The molecule has 10 heteroatoms. The predicted octanol–water partition coefficient (Wildman–Crippen LogP) is 2.97. The number of phenolic OH excluding ortho intramolecular Hbond substituents is 4. The number of hydrogen-bond acceptors (Lipinski definition) is 9. The number of carboxylic acids is 1. The summed E-state index contributed by atoms with van der Waals surface area (Å²) in [7, 11) is 0. The first-order chi connectivity index (χ1) is 17.4. The Hall–Kier alpha value is -4.31. The van der Waals surface area contributed by atoms with Gasteiger partial charge in [-0.1, -0.05) is 18.2 Å². The monoisotopic (exact) mass is 512 g/mol. The number of carbonyl (C=O) groups excluding carboxylic acids is 2. The van der Waals surface area contributed by atoms with Gasteiger partial charge >= 0.3 is 11.9 Å². The molecule has 10 nitrogen and oxygen atoms in total. The number of aromatic hydroxyl groups is 4. The number of allylic oxidation sites excluding steroid dienone is 1. The topological polar surface area (TPSA) is 182 Å². The maximum absolute atomic E-state index is 12.7. The number of hydrogen-bond donors (Lipinski definition) is 6. The highest BCUT2D eigenvalue weighted by atomic mass is 16.5. The van der Waals surface area contributed by atoms with Crippen LogP contribution in [0.5, 0.6) is 23.0 Å². The Labute approximate surface area is 212 Å². The second-order valence-electron chi connectivity index (χ2n) is 9.31. The molecule has 0 spiro atoms. The largest absolute Gasteiger partial charge is 0.504 e. The van der Waals surface area contributed by atoms with Gasteiger partial charge in [-0.2, -0.15) is 0 Å². The van der Waals surface area contributed by atoms with Gasteiger partial charge in [0.25, 0.3) is 0 Å². The maximum Gasteiger partial charge on any atom is 0.331 e. The summed E-state index contributed by atoms with van der Waals surface area (Å²) >= 11 is 0. The molecular formula is C27H28O10. The van der Waals surface area contributed by atoms with Gasteiger partial charge in [-0.25, -0.2) is 4.79 Å². The van der Waals surface area contributed by atoms with Crippen LogP contribution < -0.4 is 0 Å². The van der Waals surface area contributed by atoms with Gasteiger partial charge < -0.3 is 35.4 Å². The number of rotatable bonds is 8. The van der Waals surface area contributed by atoms with Crippen LogP contribution in [-0.2, 0) is 19.1 Å². The van der Waals surface area contributed by atoms with Gasteiger partial charge in [-0.3, -0.25) is 9.59 Å². The van der Waals surface area contributed by atoms with Crippen molar-refractivity contribution < 1.29 is 49.8 Å². The lowest BCUT2D eigenvalue weighted by Crippen LogP contribution is -2.49. The highest BCUT2D eigenvalue weighted by Gasteiger charge is 2.49. The summed E-state index contributed by atoms with van der Waals surface area (Å²) in [5.41, 5.74) is -0.543. The minimum absolute atomic E-state index is 0.119. The summed E-state index contributed by atoms with van der Waals surface area (Å²) in [5, 5.41) is 58.4. The molecule has 0 heterocycles. The van der Waals surface area contributed by atoms with Crippen LogP contribution in [0, 0.1) is 11.3 Å². The molecule has 37 heavy (non-hydrogen) atoms. The van der Waals surface area contributed by atoms with E-state index in [0.29, 0.717) is 11.1 Å². The number of ether oxygens (including phenoxy) is 1. The number of carboxylic acid groups (broad SMARTS) is 1. The molecule has 4 atom stereocenters. The molecule has 1 aliphatic carbocycles. The van der Waals surface area contributed by atoms with Gasteiger partial charge in [-0.15, -0.1) is 0 Å². The number of benzene rings is 2. The predicted molar refractivity (Wildman–Crippen MR) is 132 cm³/mol. The molecule has 0 aliphatic heterocycles. The Bertz CT molecular complexity index is 1250. The van der Waals surface area contributed by atoms with Crippen molar-refractivity contribution in [2.75, 3.05) is 0 Å². The van der Waals surface area contributed by atoms with Crippen molar-refractivity contribution in [1.29, 1.82) is 0 Å². The molecule has 0 amide bonds. The van der Waals surface area contributed by atoms with E-state index in [2.05, 4.69) is 0 Å². The van der Waals surface area contributed by atoms with Gasteiger partial charge in [-0.05, 0) is 60.9 Å². The standard InChI is InChI=1S/C27H28O10/c1-27(26(35)36)13-23(33)18(12-17(28)6-2-15-3-7-19(29)21(31)10-15)24(14-27)37-25(34)9-5-16-4-8-20(30)22(32)11-16/h2-11,18,23-24,29-33H,12-14H2,1H3,(H,35,36). The molecule has 1 saturated carbocycles. The average molecular weight is 513 g/mol. The summed E-state index contributed by atoms with van der Waals surface area (Å²) in [6, 6.07) is 7.93. The number of ketones is 1. The highest BCUT2D eigenvalue weighted by Crippen LogP contribution is 2.42. The van der Waals surface area contributed by atoms with Gasteiger partial charge in [0, 0.05) is 24.8 Å². The van der Waals surface area contributed by atoms with Crippen LogP contribution in [0.15, 0.2) is 48.6 Å². The van der Waals surface area contributed by atoms with Crippen molar-refractivity contribution in [2.24, 2.45) is 11.3 Å². The van der Waals surface area contributed by atoms with Crippen LogP contribution in [0.4, 0.5) is 0 Å². The molecule has 2 aromatic rings. The summed E-state index contributed by atoms with van der Waals surface area (Å²) in [6.07, 6.45) is 2.22. The molecule has 0 bridgehead atoms. The maximum atomic E-state index is 12.7. The van der Waals surface area contributed by atoms with E-state index in [4.69, 9.17) is 4.74 Å². The lowest BCUT2D eigenvalue weighted by molar-refractivity contribution is -0.171. The number of aliphatic hydroxyl groups is 1. The zero-order valence-corrected chi connectivity index (χ0v) is 19.9. The van der Waals surface area contributed by atoms with Gasteiger partial charge in [0.05, 0.1) is 11.5 Å². The van der Waals surface area contributed by atoms with Crippen LogP contribution in [0.3, 0.4) is 0 Å². The first-order valence-electron chi connectivity index (χ1n) is 11.4. The van der Waals surface area contributed by atoms with Gasteiger partial charge in [0.1, 0.15) is 6.10 Å². The van der Waals surface area contributed by atoms with Crippen LogP contribution >= 0.6 is 0 Å². The van der Waals surface area contributed by atoms with E-state index < -0.39 is 41.3 Å². The normalized spacial score (nSPS) is 23.8. The van der Waals surface area contributed by atoms with Crippen molar-refractivity contribution in [3.8, 4) is 23.0 Å². The Morgan fingerprint density at radius 1 is 0.892 bits per heavy atom. The molecule has 0 saturated heterocycles. The Kier molecular flexibility index (Phi) is 8.24. The quantitative estimate of drug-likeness (QED) is 0.175. The molecule has 4 unspecified atom stereocenters. The molecule has 0 radical (unpaired) electrons. The van der Waals surface area contributed by atoms with Crippen molar-refractivity contribution >= 4 is 29.9 Å². The van der Waals surface area contributed by atoms with E-state index in [-0.39, 0.29) is 42.3 Å². The number of phenols is 4. The van der Waals surface area contributed by atoms with Crippen molar-refractivity contribution in [3.63, 3.8) is 0 Å². The third-order valence-corrected chi connectivity index (χ3v) is 6.38. The van der Waals surface area contributed by atoms with Crippen LogP contribution in [0.25, 0.3) is 12.2 Å². The summed E-state index contributed by atoms with van der Waals surface area (Å²) in [4.78, 5) is 37.0. The second-order valence-corrected chi connectivity index (χ2v) is 9.31. The number of aliphatic carboxylic acids is 1. The van der Waals surface area contributed by atoms with Crippen molar-refractivity contribution in [2.45, 2.75) is 38.4 Å². The van der Waals surface area contributed by atoms with E-state index >= 15 is 0 Å². The van der Waals surface area contributed by atoms with Crippen LogP contribution in [0.2, 0.25) is 0 Å². The minimum Gasteiger partial charge on any atom is -0.504 e. The Morgan fingerprint density at radius 3 is 1.95 bits per heavy atom. The van der Waals surface area contributed by atoms with Crippen molar-refractivity contribution in [3.05, 3.63) is 59.7 Å². The molecule has 196 valence electrons. The van der Waals surface area contributed by atoms with E-state index in [1.165, 1.54) is 61.5 Å². The third-order valence-electron chi connectivity index (χ3n) is 6.38. The molecule has 0 aromatic heterocycles. The smallest absolute Gasteiger partial charge is 0.331 e. The zero-order chi connectivity index (χ0) is 27.3. The van der Waals surface area contributed by atoms with E-state index in [0.717, 1.165) is 6.08 Å². The van der Waals surface area contributed by atoms with E-state index in [1.54, 1.807) is 0 Å². The fraction of sp³-hybridized carbons (Fsp3) is 0.296. The first kappa shape index (κ1) is 27.3. The molecule has 3 rings (SSSR count). The molecule has 2 aromatic carbocycles. The number of esters is 1. The molecule has 1 aliphatic rings. The average Bonchev–Trinajstić information content (AvgIpc) is 2.82. The van der Waals surface area contributed by atoms with Gasteiger partial charge in [0.2, 0.25) is 0 Å². The SMILES string of the molecule is CC1(C(=O)O)CC(O)C(CC(=O)C=Cc2ccc(O)c(O)c2)C(OC(=O)C=Cc2ccc(O)c(O)c2)C1. The summed E-state index contributed by atoms with van der Waals surface area (Å²) < 4.78 is 5.49. The lowest BCUT2D eigenvalue weighted by atomic mass is 9.67. The zero-order valence-electron chi connectivity index (χ0n) is 19.9. The van der Waals surface area contributed by atoms with Crippen LogP contribution in [-0.4, -0.2) is 60.6 Å². The van der Waals surface area contributed by atoms with E-state index in [1.807, 2.05) is 0 Å². The fourth-order valence-electron chi connectivity index (χ4n) is 4.24. The van der Waals surface area contributed by atoms with Crippen LogP contribution in [0.1, 0.15) is 37.3 Å². The summed E-state index contributed by atoms with van der Waals surface area (Å²) in [6.45, 7) is 1.43. The fourth-order valence-corrected chi connectivity index (χ4v) is 4.24. The number of aliphatic hydroxyl groups excluding tert-OH is 1. The summed E-state index contributed by atoms with van der Waals surface area (Å²) in [5.74, 6) is -4.67. The van der Waals surface area contributed by atoms with E-state index in [9.17, 15) is 45.0 Å². The van der Waals surface area contributed by atoms with Gasteiger partial charge in [0.15, 0.2) is 28.8 Å². The molecular weight excluding hydrogens is 484 g/mol. The Morgan fingerprint density at radius 2 is 1.43 bits per heavy atom. The minimum atomic E-state index is -1.38. The lowest BCUT2D eigenvalue weighted by Gasteiger charge is -2.42. The van der Waals surface area contributed by atoms with Crippen molar-refractivity contribution in [1.82, 2.24) is 0 Å². The second kappa shape index (κ2) is 11.2. The third kappa shape index (κ3) is 6.89. The molecule has 6 N–H and O–H groups in total.